The smallest absolute Gasteiger partial charge is 0.234 e. The minimum atomic E-state index is -0.126. The summed E-state index contributed by atoms with van der Waals surface area (Å²) >= 11 is 3.01. The number of aromatic nitrogens is 5. The Hall–Kier alpha value is -5.12. The van der Waals surface area contributed by atoms with Gasteiger partial charge in [-0.15, -0.1) is 28.1 Å². The van der Waals surface area contributed by atoms with E-state index in [0.29, 0.717) is 17.5 Å². The summed E-state index contributed by atoms with van der Waals surface area (Å²) < 4.78 is 3.16. The van der Waals surface area contributed by atoms with Crippen molar-refractivity contribution < 1.29 is 4.79 Å². The van der Waals surface area contributed by atoms with Gasteiger partial charge in [0.25, 0.3) is 0 Å². The van der Waals surface area contributed by atoms with Gasteiger partial charge in [-0.25, -0.2) is 9.97 Å². The van der Waals surface area contributed by atoms with Crippen LogP contribution in [0.25, 0.3) is 54.3 Å². The van der Waals surface area contributed by atoms with Gasteiger partial charge in [-0.3, -0.25) is 9.36 Å². The minimum absolute atomic E-state index is 0.126. The Balaban J connectivity index is 1.09. The molecule has 0 aliphatic heterocycles. The summed E-state index contributed by atoms with van der Waals surface area (Å²) in [7, 11) is 0. The highest BCUT2D eigenvalue weighted by Gasteiger charge is 2.19. The monoisotopic (exact) mass is 624 g/mol. The number of amides is 1. The Morgan fingerprint density at radius 3 is 2.51 bits per heavy atom. The Labute approximate surface area is 268 Å². The van der Waals surface area contributed by atoms with Crippen LogP contribution in [-0.2, 0) is 11.3 Å². The van der Waals surface area contributed by atoms with Crippen molar-refractivity contribution in [3.05, 3.63) is 121 Å². The first-order valence-electron chi connectivity index (χ1n) is 14.5. The molecule has 0 radical (unpaired) electrons. The van der Waals surface area contributed by atoms with Gasteiger partial charge >= 0.3 is 0 Å². The Bertz CT molecular complexity index is 2170. The Kier molecular flexibility index (Phi) is 7.94. The number of anilines is 1. The van der Waals surface area contributed by atoms with Gasteiger partial charge in [0.1, 0.15) is 5.01 Å². The van der Waals surface area contributed by atoms with Crippen LogP contribution in [0.1, 0.15) is 5.56 Å². The summed E-state index contributed by atoms with van der Waals surface area (Å²) in [5.74, 6) is 0.758. The maximum Gasteiger partial charge on any atom is 0.234 e. The maximum absolute atomic E-state index is 13.0. The molecule has 7 nitrogen and oxygen atoms in total. The summed E-state index contributed by atoms with van der Waals surface area (Å²) in [4.78, 5) is 22.7. The summed E-state index contributed by atoms with van der Waals surface area (Å²) in [5, 5.41) is 14.7. The number of pyridine rings is 1. The molecule has 0 saturated heterocycles. The predicted octanol–water partition coefficient (Wildman–Crippen LogP) is 8.66. The van der Waals surface area contributed by atoms with Crippen molar-refractivity contribution in [3.63, 3.8) is 0 Å². The number of nitrogens with zero attached hydrogens (tertiary/aromatic N) is 5. The molecule has 0 aliphatic rings. The molecule has 0 spiro atoms. The van der Waals surface area contributed by atoms with Crippen molar-refractivity contribution in [2.24, 2.45) is 0 Å². The first kappa shape index (κ1) is 28.6. The topological polar surface area (TPSA) is 85.6 Å². The Morgan fingerprint density at radius 2 is 1.69 bits per heavy atom. The van der Waals surface area contributed by atoms with Gasteiger partial charge in [0.2, 0.25) is 5.91 Å². The van der Waals surface area contributed by atoms with Crippen molar-refractivity contribution in [2.45, 2.75) is 18.6 Å². The van der Waals surface area contributed by atoms with E-state index in [2.05, 4.69) is 53.3 Å². The number of carbonyl (C=O) groups is 1. The first-order valence-corrected chi connectivity index (χ1v) is 16.3. The zero-order valence-corrected chi connectivity index (χ0v) is 26.1. The van der Waals surface area contributed by atoms with Crippen molar-refractivity contribution in [2.75, 3.05) is 11.1 Å². The molecule has 220 valence electrons. The van der Waals surface area contributed by atoms with E-state index in [1.165, 1.54) is 22.0 Å². The highest BCUT2D eigenvalue weighted by Crippen LogP contribution is 2.34. The van der Waals surface area contributed by atoms with Gasteiger partial charge in [-0.05, 0) is 61.0 Å². The van der Waals surface area contributed by atoms with Gasteiger partial charge in [0.15, 0.2) is 11.0 Å². The quantitative estimate of drug-likeness (QED) is 0.128. The molecule has 1 amide bonds. The van der Waals surface area contributed by atoms with Crippen LogP contribution >= 0.6 is 23.1 Å². The summed E-state index contributed by atoms with van der Waals surface area (Å²) in [6.45, 7) is 6.53. The van der Waals surface area contributed by atoms with E-state index >= 15 is 0 Å². The second-order valence-corrected chi connectivity index (χ2v) is 12.5. The van der Waals surface area contributed by atoms with Crippen molar-refractivity contribution in [1.29, 1.82) is 0 Å². The van der Waals surface area contributed by atoms with E-state index in [4.69, 9.17) is 9.97 Å². The third kappa shape index (κ3) is 6.00. The number of hydrogen-bond donors (Lipinski definition) is 1. The number of rotatable bonds is 9. The average Bonchev–Trinajstić information content (AvgIpc) is 3.68. The van der Waals surface area contributed by atoms with Crippen molar-refractivity contribution >= 4 is 55.8 Å². The molecule has 4 aromatic carbocycles. The second kappa shape index (κ2) is 12.5. The number of thiazole rings is 1. The van der Waals surface area contributed by atoms with Crippen LogP contribution in [0, 0.1) is 6.92 Å². The van der Waals surface area contributed by atoms with Crippen LogP contribution in [0.3, 0.4) is 0 Å². The first-order chi connectivity index (χ1) is 22.1. The number of hydrogen-bond acceptors (Lipinski definition) is 7. The summed E-state index contributed by atoms with van der Waals surface area (Å²) in [6, 6.07) is 34.3. The average molecular weight is 625 g/mol. The van der Waals surface area contributed by atoms with E-state index in [1.807, 2.05) is 89.5 Å². The molecule has 7 rings (SSSR count). The lowest BCUT2D eigenvalue weighted by atomic mass is 10.0. The molecule has 1 N–H and O–H groups in total. The highest BCUT2D eigenvalue weighted by atomic mass is 32.2. The molecule has 3 aromatic heterocycles. The second-order valence-electron chi connectivity index (χ2n) is 10.5. The fraction of sp³-hybridized carbons (Fsp3) is 0.0833. The van der Waals surface area contributed by atoms with Gasteiger partial charge in [0, 0.05) is 34.3 Å². The molecule has 0 fully saturated rings. The zero-order valence-electron chi connectivity index (χ0n) is 24.5. The van der Waals surface area contributed by atoms with Gasteiger partial charge in [-0.2, -0.15) is 0 Å². The third-order valence-corrected chi connectivity index (χ3v) is 9.38. The van der Waals surface area contributed by atoms with Gasteiger partial charge in [-0.1, -0.05) is 72.4 Å². The van der Waals surface area contributed by atoms with Crippen LogP contribution in [-0.4, -0.2) is 36.4 Å². The molecular formula is C36H28N6OS2. The molecule has 45 heavy (non-hydrogen) atoms. The molecule has 0 saturated carbocycles. The number of fused-ring (bicyclic) bond motifs is 2. The molecule has 0 atom stereocenters. The molecule has 7 aromatic rings. The van der Waals surface area contributed by atoms with Crippen molar-refractivity contribution in [1.82, 2.24) is 24.7 Å². The number of aryl methyl sites for hydroxylation is 1. The highest BCUT2D eigenvalue weighted by molar-refractivity contribution is 7.99. The van der Waals surface area contributed by atoms with E-state index < -0.39 is 0 Å². The fourth-order valence-electron chi connectivity index (χ4n) is 5.18. The number of nitrogens with one attached hydrogen (secondary N) is 1. The van der Waals surface area contributed by atoms with Gasteiger partial charge < -0.3 is 5.32 Å². The van der Waals surface area contributed by atoms with Crippen LogP contribution in [0.2, 0.25) is 0 Å². The molecular weight excluding hydrogens is 597 g/mol. The lowest BCUT2D eigenvalue weighted by molar-refractivity contribution is -0.113. The molecule has 3 heterocycles. The van der Waals surface area contributed by atoms with Crippen LogP contribution in [0.4, 0.5) is 5.69 Å². The lowest BCUT2D eigenvalue weighted by Crippen LogP contribution is -2.14. The largest absolute Gasteiger partial charge is 0.325 e. The standard InChI is InChI=1S/C36H28N6OS2/c1-3-19-42-34(28-21-31(24-9-5-4-6-10-24)38-29-12-8-7-11-27(28)29)40-41-36(42)44-22-33(43)37-26-16-14-25(15-17-26)35-39-30-18-13-23(2)20-32(30)45-35/h3-18,20-21H,1,19,22H2,2H3,(H,37,43). The summed E-state index contributed by atoms with van der Waals surface area (Å²) in [5.41, 5.74) is 7.64. The number of carbonyl (C=O) groups excluding carboxylic acids is 1. The fourth-order valence-corrected chi connectivity index (χ4v) is 7.00. The molecule has 0 unspecified atom stereocenters. The normalized spacial score (nSPS) is 11.2. The van der Waals surface area contributed by atoms with Crippen molar-refractivity contribution in [3.8, 4) is 33.2 Å². The lowest BCUT2D eigenvalue weighted by Gasteiger charge is -2.12. The van der Waals surface area contributed by atoms with E-state index in [1.54, 1.807) is 11.3 Å². The summed E-state index contributed by atoms with van der Waals surface area (Å²) in [6.07, 6.45) is 1.81. The number of thioether (sulfide) groups is 1. The van der Waals surface area contributed by atoms with Gasteiger partial charge in [0.05, 0.1) is 27.2 Å². The predicted molar refractivity (Wildman–Crippen MR) is 186 cm³/mol. The zero-order chi connectivity index (χ0) is 30.8. The molecule has 9 heteroatoms. The number of allylic oxidation sites excluding steroid dienone is 1. The molecule has 0 bridgehead atoms. The number of para-hydroxylation sites is 1. The number of benzene rings is 4. The van der Waals surface area contributed by atoms with Crippen LogP contribution in [0.15, 0.2) is 121 Å². The molecule has 0 aliphatic carbocycles. The third-order valence-electron chi connectivity index (χ3n) is 7.35. The Morgan fingerprint density at radius 1 is 0.889 bits per heavy atom. The van der Waals surface area contributed by atoms with E-state index in [-0.39, 0.29) is 11.7 Å². The van der Waals surface area contributed by atoms with E-state index in [9.17, 15) is 4.79 Å². The minimum Gasteiger partial charge on any atom is -0.325 e. The maximum atomic E-state index is 13.0. The van der Waals surface area contributed by atoms with Crippen LogP contribution < -0.4 is 5.32 Å². The van der Waals surface area contributed by atoms with Crippen LogP contribution in [0.5, 0.6) is 0 Å². The van der Waals surface area contributed by atoms with E-state index in [0.717, 1.165) is 49.5 Å². The SMILES string of the molecule is C=CCn1c(SCC(=O)Nc2ccc(-c3nc4ccc(C)cc4s3)cc2)nnc1-c1cc(-c2ccccc2)nc2ccccc12.